The molecular weight excluding hydrogens is 252 g/mol. The molecule has 0 aromatic heterocycles. The Morgan fingerprint density at radius 3 is 2.11 bits per heavy atom. The van der Waals surface area contributed by atoms with Gasteiger partial charge in [0.15, 0.2) is 0 Å². The van der Waals surface area contributed by atoms with E-state index in [1.54, 1.807) is 0 Å². The summed E-state index contributed by atoms with van der Waals surface area (Å²) in [5.74, 6) is 0. The minimum absolute atomic E-state index is 0.0438. The molecule has 1 fully saturated rings. The molecular formula is C12H18N2O3S. The van der Waals surface area contributed by atoms with Crippen LogP contribution in [0.3, 0.4) is 0 Å². The maximum absolute atomic E-state index is 11.4. The smallest absolute Gasteiger partial charge is 0.211 e. The van der Waals surface area contributed by atoms with Crippen molar-refractivity contribution in [2.45, 2.75) is 6.61 Å². The third kappa shape index (κ3) is 3.01. The van der Waals surface area contributed by atoms with Crippen molar-refractivity contribution in [3.05, 3.63) is 29.8 Å². The summed E-state index contributed by atoms with van der Waals surface area (Å²) in [4.78, 5) is 2.16. The van der Waals surface area contributed by atoms with Gasteiger partial charge in [-0.2, -0.15) is 4.31 Å². The molecule has 6 heteroatoms. The molecule has 0 bridgehead atoms. The Bertz CT molecular complexity index is 491. The standard InChI is InChI=1S/C12H18N2O3S/c1-18(16,17)14-8-6-13(7-9-14)12-4-2-11(10-15)3-5-12/h2-5,15H,6-10H2,1H3. The Kier molecular flexibility index (Phi) is 3.89. The fourth-order valence-electron chi connectivity index (χ4n) is 2.09. The molecule has 2 rings (SSSR count). The Morgan fingerprint density at radius 1 is 1.11 bits per heavy atom. The molecule has 100 valence electrons. The summed E-state index contributed by atoms with van der Waals surface area (Å²) >= 11 is 0. The normalized spacial score (nSPS) is 18.0. The zero-order chi connectivity index (χ0) is 13.2. The molecule has 0 amide bonds. The van der Waals surface area contributed by atoms with Gasteiger partial charge in [0.25, 0.3) is 0 Å². The Labute approximate surface area is 108 Å². The molecule has 5 nitrogen and oxygen atoms in total. The minimum Gasteiger partial charge on any atom is -0.392 e. The van der Waals surface area contributed by atoms with E-state index in [0.717, 1.165) is 11.3 Å². The highest BCUT2D eigenvalue weighted by atomic mass is 32.2. The van der Waals surface area contributed by atoms with Crippen LogP contribution in [0.25, 0.3) is 0 Å². The predicted molar refractivity (Wildman–Crippen MR) is 71.0 cm³/mol. The Balaban J connectivity index is 2.01. The van der Waals surface area contributed by atoms with Crippen LogP contribution in [0.5, 0.6) is 0 Å². The van der Waals surface area contributed by atoms with Crippen molar-refractivity contribution in [2.24, 2.45) is 0 Å². The van der Waals surface area contributed by atoms with E-state index in [2.05, 4.69) is 4.90 Å². The van der Waals surface area contributed by atoms with Gasteiger partial charge in [0.2, 0.25) is 10.0 Å². The van der Waals surface area contributed by atoms with Crippen LogP contribution in [-0.2, 0) is 16.6 Å². The zero-order valence-corrected chi connectivity index (χ0v) is 11.2. The van der Waals surface area contributed by atoms with Crippen LogP contribution in [0.4, 0.5) is 5.69 Å². The maximum atomic E-state index is 11.4. The monoisotopic (exact) mass is 270 g/mol. The van der Waals surface area contributed by atoms with Gasteiger partial charge in [0, 0.05) is 31.9 Å². The van der Waals surface area contributed by atoms with Gasteiger partial charge in [-0.3, -0.25) is 0 Å². The molecule has 0 spiro atoms. The molecule has 18 heavy (non-hydrogen) atoms. The fourth-order valence-corrected chi connectivity index (χ4v) is 2.92. The molecule has 0 atom stereocenters. The maximum Gasteiger partial charge on any atom is 0.211 e. The first-order valence-corrected chi connectivity index (χ1v) is 7.75. The summed E-state index contributed by atoms with van der Waals surface area (Å²) < 4.78 is 24.3. The second-order valence-corrected chi connectivity index (χ2v) is 6.46. The zero-order valence-electron chi connectivity index (χ0n) is 10.4. The summed E-state index contributed by atoms with van der Waals surface area (Å²) in [5.41, 5.74) is 1.95. The largest absolute Gasteiger partial charge is 0.392 e. The van der Waals surface area contributed by atoms with E-state index in [0.29, 0.717) is 26.2 Å². The van der Waals surface area contributed by atoms with Gasteiger partial charge in [-0.05, 0) is 17.7 Å². The van der Waals surface area contributed by atoms with E-state index in [1.807, 2.05) is 24.3 Å². The van der Waals surface area contributed by atoms with Crippen molar-refractivity contribution in [1.29, 1.82) is 0 Å². The number of sulfonamides is 1. The van der Waals surface area contributed by atoms with E-state index in [-0.39, 0.29) is 6.61 Å². The minimum atomic E-state index is -3.07. The van der Waals surface area contributed by atoms with Crippen molar-refractivity contribution in [3.63, 3.8) is 0 Å². The van der Waals surface area contributed by atoms with E-state index < -0.39 is 10.0 Å². The molecule has 1 saturated heterocycles. The summed E-state index contributed by atoms with van der Waals surface area (Å²) in [6.45, 7) is 2.50. The lowest BCUT2D eigenvalue weighted by atomic mass is 10.2. The molecule has 1 aromatic rings. The molecule has 1 aliphatic rings. The third-order valence-electron chi connectivity index (χ3n) is 3.19. The van der Waals surface area contributed by atoms with E-state index in [1.165, 1.54) is 10.6 Å². The van der Waals surface area contributed by atoms with E-state index >= 15 is 0 Å². The van der Waals surface area contributed by atoms with Gasteiger partial charge in [-0.1, -0.05) is 12.1 Å². The van der Waals surface area contributed by atoms with Crippen LogP contribution in [0.1, 0.15) is 5.56 Å². The SMILES string of the molecule is CS(=O)(=O)N1CCN(c2ccc(CO)cc2)CC1. The first-order chi connectivity index (χ1) is 8.50. The Morgan fingerprint density at radius 2 is 1.67 bits per heavy atom. The van der Waals surface area contributed by atoms with E-state index in [4.69, 9.17) is 5.11 Å². The summed E-state index contributed by atoms with van der Waals surface area (Å²) in [6.07, 6.45) is 1.25. The lowest BCUT2D eigenvalue weighted by Gasteiger charge is -2.34. The highest BCUT2D eigenvalue weighted by Gasteiger charge is 2.23. The molecule has 1 aliphatic heterocycles. The van der Waals surface area contributed by atoms with Gasteiger partial charge in [0.05, 0.1) is 12.9 Å². The van der Waals surface area contributed by atoms with Crippen molar-refractivity contribution < 1.29 is 13.5 Å². The molecule has 0 radical (unpaired) electrons. The summed E-state index contributed by atoms with van der Waals surface area (Å²) in [7, 11) is -3.07. The first kappa shape index (κ1) is 13.3. The number of hydrogen-bond donors (Lipinski definition) is 1. The van der Waals surface area contributed by atoms with Crippen LogP contribution < -0.4 is 4.90 Å². The summed E-state index contributed by atoms with van der Waals surface area (Å²) in [6, 6.07) is 7.69. The van der Waals surface area contributed by atoms with Gasteiger partial charge in [-0.15, -0.1) is 0 Å². The van der Waals surface area contributed by atoms with Crippen LogP contribution in [0.2, 0.25) is 0 Å². The topological polar surface area (TPSA) is 60.9 Å². The number of aliphatic hydroxyl groups excluding tert-OH is 1. The average Bonchev–Trinajstić information content (AvgIpc) is 2.38. The number of piperazine rings is 1. The number of anilines is 1. The van der Waals surface area contributed by atoms with Crippen molar-refractivity contribution in [3.8, 4) is 0 Å². The predicted octanol–water partition coefficient (Wildman–Crippen LogP) is 0.260. The number of hydrogen-bond acceptors (Lipinski definition) is 4. The van der Waals surface area contributed by atoms with Crippen molar-refractivity contribution in [2.75, 3.05) is 37.3 Å². The lowest BCUT2D eigenvalue weighted by Crippen LogP contribution is -2.48. The van der Waals surface area contributed by atoms with Crippen LogP contribution in [0.15, 0.2) is 24.3 Å². The van der Waals surface area contributed by atoms with Gasteiger partial charge in [-0.25, -0.2) is 8.42 Å². The van der Waals surface area contributed by atoms with Crippen molar-refractivity contribution >= 4 is 15.7 Å². The number of aliphatic hydroxyl groups is 1. The molecule has 1 aromatic carbocycles. The fraction of sp³-hybridized carbons (Fsp3) is 0.500. The first-order valence-electron chi connectivity index (χ1n) is 5.90. The molecule has 1 heterocycles. The van der Waals surface area contributed by atoms with Crippen LogP contribution in [-0.4, -0.2) is 50.3 Å². The van der Waals surface area contributed by atoms with Gasteiger partial charge >= 0.3 is 0 Å². The number of benzene rings is 1. The highest BCUT2D eigenvalue weighted by Crippen LogP contribution is 2.18. The second-order valence-electron chi connectivity index (χ2n) is 4.47. The molecule has 1 N–H and O–H groups in total. The van der Waals surface area contributed by atoms with Gasteiger partial charge in [0.1, 0.15) is 0 Å². The van der Waals surface area contributed by atoms with Gasteiger partial charge < -0.3 is 10.0 Å². The average molecular weight is 270 g/mol. The third-order valence-corrected chi connectivity index (χ3v) is 4.49. The van der Waals surface area contributed by atoms with Crippen LogP contribution in [0, 0.1) is 0 Å². The van der Waals surface area contributed by atoms with E-state index in [9.17, 15) is 8.42 Å². The molecule has 0 unspecified atom stereocenters. The van der Waals surface area contributed by atoms with Crippen molar-refractivity contribution in [1.82, 2.24) is 4.31 Å². The number of nitrogens with zero attached hydrogens (tertiary/aromatic N) is 2. The Hall–Kier alpha value is -1.11. The number of rotatable bonds is 3. The second kappa shape index (κ2) is 5.26. The molecule has 0 aliphatic carbocycles. The summed E-state index contributed by atoms with van der Waals surface area (Å²) in [5, 5.41) is 8.98. The lowest BCUT2D eigenvalue weighted by molar-refractivity contribution is 0.282. The quantitative estimate of drug-likeness (QED) is 0.856. The van der Waals surface area contributed by atoms with Crippen LogP contribution >= 0.6 is 0 Å². The highest BCUT2D eigenvalue weighted by molar-refractivity contribution is 7.88. The molecule has 0 saturated carbocycles.